The van der Waals surface area contributed by atoms with E-state index in [9.17, 15) is 4.79 Å². The van der Waals surface area contributed by atoms with Gasteiger partial charge in [-0.15, -0.1) is 11.3 Å². The first-order chi connectivity index (χ1) is 7.83. The fraction of sp³-hybridized carbons (Fsp3) is 0.100. The molecule has 80 valence electrons. The van der Waals surface area contributed by atoms with Crippen LogP contribution in [0, 0.1) is 0 Å². The van der Waals surface area contributed by atoms with E-state index in [-0.39, 0.29) is 5.56 Å². The highest BCUT2D eigenvalue weighted by molar-refractivity contribution is 7.15. The van der Waals surface area contributed by atoms with Gasteiger partial charge in [0.15, 0.2) is 4.96 Å². The van der Waals surface area contributed by atoms with E-state index in [4.69, 9.17) is 0 Å². The Kier molecular flexibility index (Phi) is 2.07. The zero-order valence-corrected chi connectivity index (χ0v) is 9.09. The van der Waals surface area contributed by atoms with E-state index >= 15 is 0 Å². The van der Waals surface area contributed by atoms with Gasteiger partial charge < -0.3 is 4.57 Å². The van der Waals surface area contributed by atoms with Gasteiger partial charge in [0.05, 0.1) is 18.6 Å². The second-order valence-corrected chi connectivity index (χ2v) is 4.25. The number of fused-ring (bicyclic) bond motifs is 1. The lowest BCUT2D eigenvalue weighted by Gasteiger charge is -2.01. The molecule has 3 heterocycles. The molecule has 3 aromatic heterocycles. The Morgan fingerprint density at radius 1 is 1.38 bits per heavy atom. The molecule has 0 unspecified atom stereocenters. The summed E-state index contributed by atoms with van der Waals surface area (Å²) in [5.74, 6) is 0. The van der Waals surface area contributed by atoms with Crippen molar-refractivity contribution in [2.45, 2.75) is 6.54 Å². The molecule has 6 heteroatoms. The van der Waals surface area contributed by atoms with Gasteiger partial charge in [-0.25, -0.2) is 9.97 Å². The van der Waals surface area contributed by atoms with Gasteiger partial charge in [0.2, 0.25) is 0 Å². The minimum Gasteiger partial charge on any atom is -0.331 e. The van der Waals surface area contributed by atoms with Gasteiger partial charge in [0.1, 0.15) is 0 Å². The SMILES string of the molecule is O=c1cc(Cn2ccnc2)nc2sccn12. The van der Waals surface area contributed by atoms with Gasteiger partial charge in [0, 0.05) is 30.0 Å². The lowest BCUT2D eigenvalue weighted by molar-refractivity contribution is 0.770. The first kappa shape index (κ1) is 9.29. The normalized spacial score (nSPS) is 11.0. The van der Waals surface area contributed by atoms with Gasteiger partial charge in [-0.1, -0.05) is 0 Å². The topological polar surface area (TPSA) is 52.2 Å². The molecule has 3 rings (SSSR count). The van der Waals surface area contributed by atoms with E-state index in [1.54, 1.807) is 29.2 Å². The molecule has 0 N–H and O–H groups in total. The Morgan fingerprint density at radius 3 is 3.12 bits per heavy atom. The van der Waals surface area contributed by atoms with Crippen molar-refractivity contribution in [2.75, 3.05) is 0 Å². The van der Waals surface area contributed by atoms with Crippen LogP contribution in [0.3, 0.4) is 0 Å². The predicted octanol–water partition coefficient (Wildman–Crippen LogP) is 1.00. The van der Waals surface area contributed by atoms with Crippen LogP contribution in [0.25, 0.3) is 4.96 Å². The van der Waals surface area contributed by atoms with Crippen molar-refractivity contribution in [1.82, 2.24) is 18.9 Å². The molecule has 0 aliphatic heterocycles. The number of nitrogens with zero attached hydrogens (tertiary/aromatic N) is 4. The number of imidazole rings is 1. The minimum atomic E-state index is -0.0404. The van der Waals surface area contributed by atoms with Crippen LogP contribution in [0.5, 0.6) is 0 Å². The summed E-state index contributed by atoms with van der Waals surface area (Å²) in [6.07, 6.45) is 6.99. The zero-order chi connectivity index (χ0) is 11.0. The average Bonchev–Trinajstić information content (AvgIpc) is 2.87. The first-order valence-corrected chi connectivity index (χ1v) is 5.62. The lowest BCUT2D eigenvalue weighted by Crippen LogP contribution is -2.14. The predicted molar refractivity (Wildman–Crippen MR) is 60.7 cm³/mol. The van der Waals surface area contributed by atoms with Crippen LogP contribution in [0.4, 0.5) is 0 Å². The van der Waals surface area contributed by atoms with Crippen LogP contribution >= 0.6 is 11.3 Å². The third kappa shape index (κ3) is 1.53. The van der Waals surface area contributed by atoms with Gasteiger partial charge in [-0.05, 0) is 0 Å². The summed E-state index contributed by atoms with van der Waals surface area (Å²) >= 11 is 1.46. The molecule has 0 radical (unpaired) electrons. The van der Waals surface area contributed by atoms with Gasteiger partial charge >= 0.3 is 0 Å². The molecule has 0 aromatic carbocycles. The largest absolute Gasteiger partial charge is 0.331 e. The van der Waals surface area contributed by atoms with E-state index in [0.29, 0.717) is 6.54 Å². The van der Waals surface area contributed by atoms with Crippen LogP contribution in [-0.2, 0) is 6.54 Å². The number of hydrogen-bond donors (Lipinski definition) is 0. The Hall–Kier alpha value is -1.95. The third-order valence-corrected chi connectivity index (χ3v) is 3.02. The maximum absolute atomic E-state index is 11.7. The lowest BCUT2D eigenvalue weighted by atomic mass is 10.4. The monoisotopic (exact) mass is 232 g/mol. The summed E-state index contributed by atoms with van der Waals surface area (Å²) in [6, 6.07) is 1.56. The van der Waals surface area contributed by atoms with Crippen molar-refractivity contribution in [3.05, 3.63) is 52.4 Å². The molecule has 0 atom stereocenters. The number of aromatic nitrogens is 4. The van der Waals surface area contributed by atoms with E-state index in [2.05, 4.69) is 9.97 Å². The number of rotatable bonds is 2. The Morgan fingerprint density at radius 2 is 2.31 bits per heavy atom. The molecule has 0 saturated carbocycles. The molecule has 0 fully saturated rings. The highest BCUT2D eigenvalue weighted by atomic mass is 32.1. The Bertz CT molecular complexity index is 668. The third-order valence-electron chi connectivity index (χ3n) is 2.26. The summed E-state index contributed by atoms with van der Waals surface area (Å²) in [5.41, 5.74) is 0.715. The molecular weight excluding hydrogens is 224 g/mol. The molecule has 0 spiro atoms. The number of thiazole rings is 1. The van der Waals surface area contributed by atoms with Crippen LogP contribution < -0.4 is 5.56 Å². The first-order valence-electron chi connectivity index (χ1n) is 4.74. The standard InChI is InChI=1S/C10H8N4OS/c15-9-5-8(6-13-2-1-11-7-13)12-10-14(9)3-4-16-10/h1-5,7H,6H2. The molecule has 16 heavy (non-hydrogen) atoms. The van der Waals surface area contributed by atoms with Crippen LogP contribution in [-0.4, -0.2) is 18.9 Å². The Balaban J connectivity index is 2.07. The molecule has 5 nitrogen and oxygen atoms in total. The summed E-state index contributed by atoms with van der Waals surface area (Å²) in [5, 5.41) is 1.85. The molecule has 0 amide bonds. The van der Waals surface area contributed by atoms with Crippen molar-refractivity contribution >= 4 is 16.3 Å². The van der Waals surface area contributed by atoms with Crippen molar-refractivity contribution in [2.24, 2.45) is 0 Å². The van der Waals surface area contributed by atoms with Crippen molar-refractivity contribution in [3.8, 4) is 0 Å². The summed E-state index contributed by atoms with van der Waals surface area (Å²) < 4.78 is 3.42. The fourth-order valence-corrected chi connectivity index (χ4v) is 2.27. The smallest absolute Gasteiger partial charge is 0.258 e. The second-order valence-electron chi connectivity index (χ2n) is 3.38. The van der Waals surface area contributed by atoms with Crippen LogP contribution in [0.2, 0.25) is 0 Å². The molecule has 3 aromatic rings. The van der Waals surface area contributed by atoms with Gasteiger partial charge in [-0.2, -0.15) is 0 Å². The van der Waals surface area contributed by atoms with E-state index < -0.39 is 0 Å². The summed E-state index contributed by atoms with van der Waals surface area (Å²) in [7, 11) is 0. The minimum absolute atomic E-state index is 0.0404. The Labute approximate surface area is 94.6 Å². The second kappa shape index (κ2) is 3.57. The van der Waals surface area contributed by atoms with E-state index in [1.807, 2.05) is 16.1 Å². The van der Waals surface area contributed by atoms with Crippen molar-refractivity contribution in [1.29, 1.82) is 0 Å². The van der Waals surface area contributed by atoms with Crippen LogP contribution in [0.1, 0.15) is 5.69 Å². The van der Waals surface area contributed by atoms with Gasteiger partial charge in [-0.3, -0.25) is 9.20 Å². The fourth-order valence-electron chi connectivity index (χ4n) is 1.54. The van der Waals surface area contributed by atoms with E-state index in [1.165, 1.54) is 11.3 Å². The molecule has 0 aliphatic carbocycles. The maximum Gasteiger partial charge on any atom is 0.258 e. The highest BCUT2D eigenvalue weighted by Gasteiger charge is 2.03. The maximum atomic E-state index is 11.7. The van der Waals surface area contributed by atoms with Gasteiger partial charge in [0.25, 0.3) is 5.56 Å². The quantitative estimate of drug-likeness (QED) is 0.662. The molecule has 0 saturated heterocycles. The molecule has 0 bridgehead atoms. The summed E-state index contributed by atoms with van der Waals surface area (Å²) in [4.78, 5) is 20.8. The number of hydrogen-bond acceptors (Lipinski definition) is 4. The van der Waals surface area contributed by atoms with Crippen molar-refractivity contribution in [3.63, 3.8) is 0 Å². The molecular formula is C10H8N4OS. The van der Waals surface area contributed by atoms with E-state index in [0.717, 1.165) is 10.7 Å². The summed E-state index contributed by atoms with van der Waals surface area (Å²) in [6.45, 7) is 0.573. The van der Waals surface area contributed by atoms with Crippen molar-refractivity contribution < 1.29 is 0 Å². The molecule has 0 aliphatic rings. The van der Waals surface area contributed by atoms with Crippen LogP contribution in [0.15, 0.2) is 41.2 Å². The highest BCUT2D eigenvalue weighted by Crippen LogP contribution is 2.07. The average molecular weight is 232 g/mol. The zero-order valence-electron chi connectivity index (χ0n) is 8.28.